The third kappa shape index (κ3) is 4.94. The second kappa shape index (κ2) is 8.83. The number of ketones is 1. The molecule has 0 amide bonds. The first kappa shape index (κ1) is 17.7. The molecule has 0 unspecified atom stereocenters. The van der Waals surface area contributed by atoms with Gasteiger partial charge in [-0.25, -0.2) is 0 Å². The van der Waals surface area contributed by atoms with Crippen LogP contribution in [-0.4, -0.2) is 17.5 Å². The number of rotatable bonds is 8. The zero-order chi connectivity index (χ0) is 18.2. The molecule has 0 bridgehead atoms. The summed E-state index contributed by atoms with van der Waals surface area (Å²) in [4.78, 5) is 12.2. The summed E-state index contributed by atoms with van der Waals surface area (Å²) in [5.74, 6) is 0.971. The summed E-state index contributed by atoms with van der Waals surface area (Å²) >= 11 is 0. The summed E-state index contributed by atoms with van der Waals surface area (Å²) in [6.45, 7) is 0.209. The summed E-state index contributed by atoms with van der Waals surface area (Å²) in [5, 5.41) is 9.45. The second-order valence-electron chi connectivity index (χ2n) is 5.82. The molecule has 0 heterocycles. The molecule has 132 valence electrons. The van der Waals surface area contributed by atoms with E-state index >= 15 is 0 Å². The Morgan fingerprint density at radius 3 is 2.04 bits per heavy atom. The van der Waals surface area contributed by atoms with Crippen LogP contribution in [0.2, 0.25) is 0 Å². The molecule has 0 aliphatic heterocycles. The molecule has 0 aliphatic carbocycles. The van der Waals surface area contributed by atoms with Crippen LogP contribution in [0.3, 0.4) is 0 Å². The van der Waals surface area contributed by atoms with Crippen molar-refractivity contribution in [3.05, 3.63) is 95.6 Å². The number of Topliss-reactive ketones (excluding diaryl/α,β-unsaturated/α-hetero) is 1. The lowest BCUT2D eigenvalue weighted by molar-refractivity contribution is 0.0921. The van der Waals surface area contributed by atoms with E-state index in [0.717, 1.165) is 5.56 Å². The van der Waals surface area contributed by atoms with E-state index in [1.807, 2.05) is 48.5 Å². The molecule has 0 aliphatic rings. The maximum atomic E-state index is 12.2. The zero-order valence-corrected chi connectivity index (χ0v) is 14.3. The summed E-state index contributed by atoms with van der Waals surface area (Å²) in [6, 6.07) is 24.0. The fourth-order valence-corrected chi connectivity index (χ4v) is 2.49. The van der Waals surface area contributed by atoms with Crippen molar-refractivity contribution in [3.63, 3.8) is 0 Å². The molecule has 0 atom stereocenters. The van der Waals surface area contributed by atoms with Gasteiger partial charge in [0.15, 0.2) is 12.4 Å². The number of aliphatic hydroxyl groups excluding tert-OH is 1. The first-order valence-corrected chi connectivity index (χ1v) is 8.37. The van der Waals surface area contributed by atoms with Crippen molar-refractivity contribution < 1.29 is 19.4 Å². The second-order valence-corrected chi connectivity index (χ2v) is 5.82. The SMILES string of the molecule is O=C(COc1cc(CO)cc(OCc2ccccc2)c1)c1ccccc1. The van der Waals surface area contributed by atoms with Crippen molar-refractivity contribution in [2.24, 2.45) is 0 Å². The summed E-state index contributed by atoms with van der Waals surface area (Å²) in [5.41, 5.74) is 2.31. The fourth-order valence-electron chi connectivity index (χ4n) is 2.49. The smallest absolute Gasteiger partial charge is 0.200 e. The Hall–Kier alpha value is -3.11. The van der Waals surface area contributed by atoms with Crippen LogP contribution in [0.25, 0.3) is 0 Å². The summed E-state index contributed by atoms with van der Waals surface area (Å²) in [6.07, 6.45) is 0. The van der Waals surface area contributed by atoms with Gasteiger partial charge in [0.1, 0.15) is 18.1 Å². The molecule has 0 spiro atoms. The van der Waals surface area contributed by atoms with Crippen LogP contribution >= 0.6 is 0 Å². The molecule has 4 heteroatoms. The zero-order valence-electron chi connectivity index (χ0n) is 14.3. The van der Waals surface area contributed by atoms with Gasteiger partial charge < -0.3 is 14.6 Å². The number of carbonyl (C=O) groups is 1. The molecule has 0 saturated carbocycles. The quantitative estimate of drug-likeness (QED) is 0.625. The molecule has 0 saturated heterocycles. The molecule has 26 heavy (non-hydrogen) atoms. The van der Waals surface area contributed by atoms with Gasteiger partial charge in [-0.3, -0.25) is 4.79 Å². The highest BCUT2D eigenvalue weighted by molar-refractivity contribution is 5.97. The highest BCUT2D eigenvalue weighted by atomic mass is 16.5. The van der Waals surface area contributed by atoms with Crippen molar-refractivity contribution in [2.75, 3.05) is 6.61 Å². The minimum Gasteiger partial charge on any atom is -0.489 e. The van der Waals surface area contributed by atoms with E-state index in [9.17, 15) is 9.90 Å². The Morgan fingerprint density at radius 1 is 0.769 bits per heavy atom. The van der Waals surface area contributed by atoms with Crippen LogP contribution in [0.1, 0.15) is 21.5 Å². The van der Waals surface area contributed by atoms with Gasteiger partial charge in [-0.05, 0) is 23.3 Å². The number of hydrogen-bond acceptors (Lipinski definition) is 4. The van der Waals surface area contributed by atoms with E-state index in [1.54, 1.807) is 30.3 Å². The number of carbonyl (C=O) groups excluding carboxylic acids is 1. The number of ether oxygens (including phenoxy) is 2. The van der Waals surface area contributed by atoms with Crippen molar-refractivity contribution in [3.8, 4) is 11.5 Å². The van der Waals surface area contributed by atoms with E-state index in [4.69, 9.17) is 9.47 Å². The lowest BCUT2D eigenvalue weighted by Gasteiger charge is -2.11. The monoisotopic (exact) mass is 348 g/mol. The van der Waals surface area contributed by atoms with E-state index in [1.165, 1.54) is 0 Å². The molecule has 0 aromatic heterocycles. The van der Waals surface area contributed by atoms with E-state index < -0.39 is 0 Å². The Bertz CT molecular complexity index is 845. The maximum Gasteiger partial charge on any atom is 0.200 e. The highest BCUT2D eigenvalue weighted by Crippen LogP contribution is 2.24. The average molecular weight is 348 g/mol. The van der Waals surface area contributed by atoms with E-state index in [-0.39, 0.29) is 19.0 Å². The summed E-state index contributed by atoms with van der Waals surface area (Å²) in [7, 11) is 0. The van der Waals surface area contributed by atoms with Gasteiger partial charge in [0.25, 0.3) is 0 Å². The van der Waals surface area contributed by atoms with E-state index in [0.29, 0.717) is 29.2 Å². The Labute approximate surface area is 152 Å². The van der Waals surface area contributed by atoms with Gasteiger partial charge in [-0.2, -0.15) is 0 Å². The number of hydrogen-bond donors (Lipinski definition) is 1. The Balaban J connectivity index is 1.66. The summed E-state index contributed by atoms with van der Waals surface area (Å²) < 4.78 is 11.4. The largest absolute Gasteiger partial charge is 0.489 e. The van der Waals surface area contributed by atoms with Crippen molar-refractivity contribution in [1.82, 2.24) is 0 Å². The molecule has 0 fully saturated rings. The van der Waals surface area contributed by atoms with Gasteiger partial charge in [0, 0.05) is 11.6 Å². The van der Waals surface area contributed by atoms with Gasteiger partial charge in [-0.15, -0.1) is 0 Å². The molecule has 4 nitrogen and oxygen atoms in total. The van der Waals surface area contributed by atoms with Gasteiger partial charge in [0.05, 0.1) is 6.61 Å². The Kier molecular flexibility index (Phi) is 6.01. The van der Waals surface area contributed by atoms with Gasteiger partial charge in [-0.1, -0.05) is 60.7 Å². The molecule has 0 radical (unpaired) electrons. The Morgan fingerprint density at radius 2 is 1.38 bits per heavy atom. The lowest BCUT2D eigenvalue weighted by Crippen LogP contribution is -2.11. The van der Waals surface area contributed by atoms with Crippen LogP contribution in [-0.2, 0) is 13.2 Å². The lowest BCUT2D eigenvalue weighted by atomic mass is 10.1. The van der Waals surface area contributed by atoms with Crippen molar-refractivity contribution in [2.45, 2.75) is 13.2 Å². The predicted octanol–water partition coefficient (Wildman–Crippen LogP) is 4.02. The van der Waals surface area contributed by atoms with Crippen molar-refractivity contribution >= 4 is 5.78 Å². The third-order valence-corrected chi connectivity index (χ3v) is 3.84. The molecular weight excluding hydrogens is 328 g/mol. The van der Waals surface area contributed by atoms with Crippen LogP contribution in [0, 0.1) is 0 Å². The average Bonchev–Trinajstić information content (AvgIpc) is 2.71. The maximum absolute atomic E-state index is 12.2. The van der Waals surface area contributed by atoms with Crippen LogP contribution in [0.15, 0.2) is 78.9 Å². The van der Waals surface area contributed by atoms with Crippen LogP contribution < -0.4 is 9.47 Å². The number of benzene rings is 3. The third-order valence-electron chi connectivity index (χ3n) is 3.84. The van der Waals surface area contributed by atoms with Gasteiger partial charge in [0.2, 0.25) is 0 Å². The van der Waals surface area contributed by atoms with Crippen LogP contribution in [0.5, 0.6) is 11.5 Å². The highest BCUT2D eigenvalue weighted by Gasteiger charge is 2.08. The predicted molar refractivity (Wildman–Crippen MR) is 99.4 cm³/mol. The van der Waals surface area contributed by atoms with Gasteiger partial charge >= 0.3 is 0 Å². The molecule has 1 N–H and O–H groups in total. The minimum absolute atomic E-state index is 0.0724. The molecule has 3 rings (SSSR count). The van der Waals surface area contributed by atoms with E-state index in [2.05, 4.69) is 0 Å². The number of aliphatic hydroxyl groups is 1. The topological polar surface area (TPSA) is 55.8 Å². The molecule has 3 aromatic rings. The first-order valence-electron chi connectivity index (χ1n) is 8.37. The van der Waals surface area contributed by atoms with Crippen molar-refractivity contribution in [1.29, 1.82) is 0 Å². The first-order chi connectivity index (χ1) is 12.7. The van der Waals surface area contributed by atoms with Crippen LogP contribution in [0.4, 0.5) is 0 Å². The molecule has 3 aromatic carbocycles. The standard InChI is InChI=1S/C22H20O4/c23-14-18-11-20(25-15-17-7-3-1-4-8-17)13-21(12-18)26-16-22(24)19-9-5-2-6-10-19/h1-13,23H,14-16H2. The fraction of sp³-hybridized carbons (Fsp3) is 0.136. The molecular formula is C22H20O4. The minimum atomic E-state index is -0.133. The normalized spacial score (nSPS) is 10.3.